The lowest BCUT2D eigenvalue weighted by molar-refractivity contribution is -0.256. The molecule has 0 spiro atoms. The van der Waals surface area contributed by atoms with E-state index in [0.29, 0.717) is 24.9 Å². The Labute approximate surface area is 269 Å². The minimum Gasteiger partial charge on any atom is -0.508 e. The predicted molar refractivity (Wildman–Crippen MR) is 175 cm³/mol. The number of hydrogen-bond donors (Lipinski definition) is 3. The van der Waals surface area contributed by atoms with Crippen LogP contribution in [0.15, 0.2) is 42.5 Å². The van der Waals surface area contributed by atoms with Crippen molar-refractivity contribution in [1.29, 1.82) is 0 Å². The first kappa shape index (κ1) is 32.3. The Morgan fingerprint density at radius 3 is 2.31 bits per heavy atom. The lowest BCUT2D eigenvalue weighted by Gasteiger charge is -2.72. The molecular formula is C39H54O6. The average Bonchev–Trinajstić information content (AvgIpc) is 3.38. The third kappa shape index (κ3) is 4.66. The fraction of sp³-hybridized carbons (Fsp3) is 0.692. The van der Waals surface area contributed by atoms with E-state index in [-0.39, 0.29) is 51.3 Å². The Morgan fingerprint density at radius 2 is 1.64 bits per heavy atom. The topological polar surface area (TPSA) is 104 Å². The first-order chi connectivity index (χ1) is 21.1. The van der Waals surface area contributed by atoms with Crippen LogP contribution < -0.4 is 0 Å². The number of benzene rings is 1. The Hall–Kier alpha value is -2.60. The summed E-state index contributed by atoms with van der Waals surface area (Å²) in [6, 6.07) is 6.66. The number of carboxylic acid groups (broad SMARTS) is 1. The van der Waals surface area contributed by atoms with Crippen molar-refractivity contribution < 1.29 is 29.6 Å². The van der Waals surface area contributed by atoms with Crippen LogP contribution in [0.1, 0.15) is 104 Å². The van der Waals surface area contributed by atoms with Gasteiger partial charge in [-0.2, -0.15) is 0 Å². The van der Waals surface area contributed by atoms with Crippen molar-refractivity contribution in [3.63, 3.8) is 0 Å². The Morgan fingerprint density at radius 1 is 0.933 bits per heavy atom. The molecule has 246 valence electrons. The molecule has 10 unspecified atom stereocenters. The molecule has 0 amide bonds. The minimum atomic E-state index is -0.834. The van der Waals surface area contributed by atoms with Crippen molar-refractivity contribution in [2.75, 3.05) is 6.61 Å². The van der Waals surface area contributed by atoms with Gasteiger partial charge in [-0.3, -0.25) is 4.79 Å². The smallest absolute Gasteiger partial charge is 0.330 e. The molecule has 0 heterocycles. The van der Waals surface area contributed by atoms with Gasteiger partial charge >= 0.3 is 11.9 Å². The number of aliphatic hydroxyl groups excluding tert-OH is 1. The van der Waals surface area contributed by atoms with Crippen molar-refractivity contribution in [2.45, 2.75) is 105 Å². The van der Waals surface area contributed by atoms with E-state index >= 15 is 0 Å². The average molecular weight is 619 g/mol. The number of hydrogen-bond acceptors (Lipinski definition) is 5. The third-order valence-corrected chi connectivity index (χ3v) is 14.8. The van der Waals surface area contributed by atoms with Crippen LogP contribution in [0, 0.1) is 56.7 Å². The molecule has 5 aliphatic rings. The van der Waals surface area contributed by atoms with Crippen molar-refractivity contribution in [1.82, 2.24) is 0 Å². The number of carboxylic acids is 1. The molecule has 1 aromatic carbocycles. The molecule has 6 rings (SSSR count). The van der Waals surface area contributed by atoms with Crippen LogP contribution in [-0.2, 0) is 14.3 Å². The number of esters is 1. The number of aliphatic carboxylic acids is 1. The second kappa shape index (κ2) is 11.0. The number of phenols is 1. The van der Waals surface area contributed by atoms with E-state index in [2.05, 4.69) is 41.2 Å². The summed E-state index contributed by atoms with van der Waals surface area (Å²) >= 11 is 0. The lowest BCUT2D eigenvalue weighted by Crippen LogP contribution is -2.69. The van der Waals surface area contributed by atoms with Crippen LogP contribution in [0.5, 0.6) is 5.75 Å². The molecule has 3 N–H and O–H groups in total. The number of carbonyl (C=O) groups is 2. The Kier molecular flexibility index (Phi) is 7.90. The lowest BCUT2D eigenvalue weighted by atomic mass is 9.32. The summed E-state index contributed by atoms with van der Waals surface area (Å²) in [5.41, 5.74) is 0.310. The van der Waals surface area contributed by atoms with Gasteiger partial charge in [0.1, 0.15) is 5.75 Å². The molecule has 6 heteroatoms. The van der Waals surface area contributed by atoms with Crippen LogP contribution in [-0.4, -0.2) is 40.0 Å². The van der Waals surface area contributed by atoms with Gasteiger partial charge in [-0.25, -0.2) is 4.79 Å². The quantitative estimate of drug-likeness (QED) is 0.169. The van der Waals surface area contributed by atoms with Crippen molar-refractivity contribution in [3.05, 3.63) is 48.1 Å². The molecule has 5 fully saturated rings. The number of aliphatic hydroxyl groups is 1. The van der Waals surface area contributed by atoms with Gasteiger partial charge in [0, 0.05) is 11.5 Å². The van der Waals surface area contributed by atoms with Crippen LogP contribution in [0.3, 0.4) is 0 Å². The van der Waals surface area contributed by atoms with E-state index in [1.165, 1.54) is 6.08 Å². The van der Waals surface area contributed by atoms with Crippen molar-refractivity contribution in [3.8, 4) is 5.75 Å². The highest BCUT2D eigenvalue weighted by molar-refractivity contribution is 5.87. The normalized spacial score (nSPS) is 43.4. The van der Waals surface area contributed by atoms with E-state index in [1.54, 1.807) is 30.3 Å². The largest absolute Gasteiger partial charge is 0.508 e. The molecule has 0 bridgehead atoms. The standard InChI is InChI=1S/C39H54O6/c1-24(2)27-15-20-38(23-45-32(42)14-9-25-7-10-26(40)11-8-25)21-22-39(34(43)44)28(33(27)38)12-13-30-36(5)18-17-31(41)35(3,4)29(36)16-19-37(30,39)6/h7-11,14,27-31,33,40-41H,1,12-13,15-23H2,2-6H3,(H,43,44). The zero-order valence-electron chi connectivity index (χ0n) is 28.0. The molecule has 45 heavy (non-hydrogen) atoms. The van der Waals surface area contributed by atoms with Crippen LogP contribution in [0.25, 0.3) is 6.08 Å². The molecule has 0 aliphatic heterocycles. The number of rotatable bonds is 6. The summed E-state index contributed by atoms with van der Waals surface area (Å²) in [5, 5.41) is 32.0. The molecule has 5 aliphatic carbocycles. The number of phenolic OH excluding ortho intramolecular Hbond substituents is 1. The molecule has 0 saturated heterocycles. The van der Waals surface area contributed by atoms with Gasteiger partial charge in [-0.1, -0.05) is 52.0 Å². The number of fused-ring (bicyclic) bond motifs is 7. The molecule has 0 aromatic heterocycles. The van der Waals surface area contributed by atoms with Gasteiger partial charge in [0.15, 0.2) is 0 Å². The monoisotopic (exact) mass is 618 g/mol. The maximum atomic E-state index is 13.9. The number of allylic oxidation sites excluding steroid dienone is 1. The molecule has 5 saturated carbocycles. The summed E-state index contributed by atoms with van der Waals surface area (Å²) in [6.45, 7) is 16.0. The number of ether oxygens (including phenoxy) is 1. The van der Waals surface area contributed by atoms with Gasteiger partial charge in [0.05, 0.1) is 18.1 Å². The van der Waals surface area contributed by atoms with Crippen molar-refractivity contribution in [2.24, 2.45) is 56.7 Å². The van der Waals surface area contributed by atoms with Gasteiger partial charge in [0.2, 0.25) is 0 Å². The van der Waals surface area contributed by atoms with Gasteiger partial charge in [-0.05, 0) is 141 Å². The van der Waals surface area contributed by atoms with E-state index in [9.17, 15) is 24.9 Å². The third-order valence-electron chi connectivity index (χ3n) is 14.8. The highest BCUT2D eigenvalue weighted by Crippen LogP contribution is 2.77. The van der Waals surface area contributed by atoms with Gasteiger partial charge in [-0.15, -0.1) is 0 Å². The maximum Gasteiger partial charge on any atom is 0.330 e. The molecule has 10 atom stereocenters. The van der Waals surface area contributed by atoms with Crippen LogP contribution in [0.4, 0.5) is 0 Å². The highest BCUT2D eigenvalue weighted by atomic mass is 16.5. The first-order valence-electron chi connectivity index (χ1n) is 17.3. The highest BCUT2D eigenvalue weighted by Gasteiger charge is 2.74. The molecule has 0 radical (unpaired) electrons. The SMILES string of the molecule is C=C(C)C1CCC2(COC(=O)C=Cc3ccc(O)cc3)CCC3(C(=O)O)C(CCC4C5(C)CCC(O)C(C)(C)C5CCC43C)C12. The first-order valence-corrected chi connectivity index (χ1v) is 17.3. The second-order valence-corrected chi connectivity index (χ2v) is 16.8. The Balaban J connectivity index is 1.32. The van der Waals surface area contributed by atoms with Crippen LogP contribution in [0.2, 0.25) is 0 Å². The number of aromatic hydroxyl groups is 1. The fourth-order valence-electron chi connectivity index (χ4n) is 12.7. The summed E-state index contributed by atoms with van der Waals surface area (Å²) in [4.78, 5) is 26.9. The van der Waals surface area contributed by atoms with E-state index in [4.69, 9.17) is 4.74 Å². The molecule has 1 aromatic rings. The summed E-state index contributed by atoms with van der Waals surface area (Å²) < 4.78 is 6.01. The van der Waals surface area contributed by atoms with E-state index in [1.807, 2.05) is 0 Å². The summed E-state index contributed by atoms with van der Waals surface area (Å²) in [6.07, 6.45) is 11.5. The van der Waals surface area contributed by atoms with E-state index in [0.717, 1.165) is 68.9 Å². The second-order valence-electron chi connectivity index (χ2n) is 16.8. The summed E-state index contributed by atoms with van der Waals surface area (Å²) in [5.74, 6) is 0.152. The fourth-order valence-corrected chi connectivity index (χ4v) is 12.7. The number of carbonyl (C=O) groups excluding carboxylic acids is 1. The summed E-state index contributed by atoms with van der Waals surface area (Å²) in [7, 11) is 0. The zero-order valence-corrected chi connectivity index (χ0v) is 28.0. The maximum absolute atomic E-state index is 13.9. The minimum absolute atomic E-state index is 0.000476. The van der Waals surface area contributed by atoms with Crippen LogP contribution >= 0.6 is 0 Å². The van der Waals surface area contributed by atoms with E-state index < -0.39 is 17.4 Å². The van der Waals surface area contributed by atoms with Crippen molar-refractivity contribution >= 4 is 18.0 Å². The molecule has 6 nitrogen and oxygen atoms in total. The molecular weight excluding hydrogens is 564 g/mol. The van der Waals surface area contributed by atoms with Gasteiger partial charge in [0.25, 0.3) is 0 Å². The Bertz CT molecular complexity index is 1380. The van der Waals surface area contributed by atoms with Gasteiger partial charge < -0.3 is 20.1 Å². The predicted octanol–water partition coefficient (Wildman–Crippen LogP) is 8.03. The zero-order chi connectivity index (χ0) is 32.6.